The van der Waals surface area contributed by atoms with Crippen LogP contribution in [0.3, 0.4) is 0 Å². The normalized spacial score (nSPS) is 10.9. The maximum atomic E-state index is 13.7. The second-order valence-electron chi connectivity index (χ2n) is 5.86. The predicted molar refractivity (Wildman–Crippen MR) is 100 cm³/mol. The second-order valence-corrected chi connectivity index (χ2v) is 5.86. The SMILES string of the molecule is COc1ccc(/C=C/C(=O)c2ccn(C)n2)cc1COc1ccccc1F. The molecule has 0 saturated carbocycles. The Morgan fingerprint density at radius 2 is 2.00 bits per heavy atom. The smallest absolute Gasteiger partial charge is 0.206 e. The molecule has 0 saturated heterocycles. The number of para-hydroxylation sites is 1. The quantitative estimate of drug-likeness (QED) is 0.468. The van der Waals surface area contributed by atoms with Gasteiger partial charge in [-0.25, -0.2) is 4.39 Å². The fourth-order valence-corrected chi connectivity index (χ4v) is 2.54. The molecule has 0 amide bonds. The summed E-state index contributed by atoms with van der Waals surface area (Å²) in [6.45, 7) is 0.139. The molecule has 0 N–H and O–H groups in total. The van der Waals surface area contributed by atoms with Crippen molar-refractivity contribution in [1.82, 2.24) is 9.78 Å². The summed E-state index contributed by atoms with van der Waals surface area (Å²) < 4.78 is 26.2. The summed E-state index contributed by atoms with van der Waals surface area (Å²) >= 11 is 0. The predicted octanol–water partition coefficient (Wildman–Crippen LogP) is 4.04. The van der Waals surface area contributed by atoms with Crippen molar-refractivity contribution in [1.29, 1.82) is 0 Å². The Kier molecular flexibility index (Phi) is 5.66. The van der Waals surface area contributed by atoms with Crippen LogP contribution >= 0.6 is 0 Å². The van der Waals surface area contributed by atoms with Gasteiger partial charge in [0.1, 0.15) is 18.1 Å². The van der Waals surface area contributed by atoms with Crippen molar-refractivity contribution in [2.75, 3.05) is 7.11 Å². The van der Waals surface area contributed by atoms with Crippen molar-refractivity contribution in [3.8, 4) is 11.5 Å². The molecule has 0 bridgehead atoms. The molecule has 5 nitrogen and oxygen atoms in total. The second kappa shape index (κ2) is 8.31. The number of benzene rings is 2. The summed E-state index contributed by atoms with van der Waals surface area (Å²) in [5, 5.41) is 4.08. The van der Waals surface area contributed by atoms with Crippen LogP contribution in [0.1, 0.15) is 21.6 Å². The molecule has 138 valence electrons. The number of rotatable bonds is 7. The third kappa shape index (κ3) is 4.61. The van der Waals surface area contributed by atoms with Crippen molar-refractivity contribution >= 4 is 11.9 Å². The van der Waals surface area contributed by atoms with Crippen molar-refractivity contribution in [3.63, 3.8) is 0 Å². The lowest BCUT2D eigenvalue weighted by atomic mass is 10.1. The van der Waals surface area contributed by atoms with Gasteiger partial charge in [-0.2, -0.15) is 5.10 Å². The third-order valence-electron chi connectivity index (χ3n) is 3.92. The van der Waals surface area contributed by atoms with Crippen LogP contribution in [0.4, 0.5) is 4.39 Å². The van der Waals surface area contributed by atoms with E-state index in [9.17, 15) is 9.18 Å². The average Bonchev–Trinajstić information content (AvgIpc) is 3.12. The minimum absolute atomic E-state index is 0.139. The number of carbonyl (C=O) groups is 1. The van der Waals surface area contributed by atoms with Crippen LogP contribution in [0.25, 0.3) is 6.08 Å². The summed E-state index contributed by atoms with van der Waals surface area (Å²) in [5.41, 5.74) is 1.92. The maximum absolute atomic E-state index is 13.7. The number of halogens is 1. The first-order valence-corrected chi connectivity index (χ1v) is 8.33. The highest BCUT2D eigenvalue weighted by molar-refractivity contribution is 6.05. The molecule has 0 unspecified atom stereocenters. The van der Waals surface area contributed by atoms with Crippen molar-refractivity contribution in [2.24, 2.45) is 7.05 Å². The van der Waals surface area contributed by atoms with Crippen LogP contribution in [0.5, 0.6) is 11.5 Å². The van der Waals surface area contributed by atoms with E-state index in [2.05, 4.69) is 5.10 Å². The van der Waals surface area contributed by atoms with Crippen LogP contribution < -0.4 is 9.47 Å². The number of ether oxygens (including phenoxy) is 2. The fraction of sp³-hybridized carbons (Fsp3) is 0.143. The number of methoxy groups -OCH3 is 1. The molecule has 3 rings (SSSR count). The number of allylic oxidation sites excluding steroid dienone is 1. The molecule has 0 aliphatic heterocycles. The van der Waals surface area contributed by atoms with Crippen molar-refractivity contribution in [2.45, 2.75) is 6.61 Å². The number of hydrogen-bond donors (Lipinski definition) is 0. The highest BCUT2D eigenvalue weighted by Gasteiger charge is 2.08. The Hall–Kier alpha value is -3.41. The molecule has 0 aliphatic rings. The Morgan fingerprint density at radius 3 is 2.70 bits per heavy atom. The van der Waals surface area contributed by atoms with Crippen LogP contribution in [-0.2, 0) is 13.7 Å². The van der Waals surface area contributed by atoms with E-state index < -0.39 is 5.82 Å². The molecule has 0 atom stereocenters. The Labute approximate surface area is 156 Å². The first kappa shape index (κ1) is 18.4. The van der Waals surface area contributed by atoms with E-state index in [1.807, 2.05) is 12.1 Å². The lowest BCUT2D eigenvalue weighted by Crippen LogP contribution is -2.01. The van der Waals surface area contributed by atoms with E-state index in [4.69, 9.17) is 9.47 Å². The van der Waals surface area contributed by atoms with Gasteiger partial charge in [0, 0.05) is 18.8 Å². The maximum Gasteiger partial charge on any atom is 0.206 e. The molecule has 1 heterocycles. The zero-order chi connectivity index (χ0) is 19.2. The van der Waals surface area contributed by atoms with Gasteiger partial charge in [0.15, 0.2) is 11.6 Å². The molecule has 27 heavy (non-hydrogen) atoms. The van der Waals surface area contributed by atoms with Gasteiger partial charge in [-0.1, -0.05) is 24.3 Å². The van der Waals surface area contributed by atoms with Gasteiger partial charge in [0.05, 0.1) is 7.11 Å². The number of nitrogens with zero attached hydrogens (tertiary/aromatic N) is 2. The van der Waals surface area contributed by atoms with Gasteiger partial charge in [-0.3, -0.25) is 9.48 Å². The molecule has 1 aromatic heterocycles. The van der Waals surface area contributed by atoms with E-state index in [0.29, 0.717) is 11.4 Å². The fourth-order valence-electron chi connectivity index (χ4n) is 2.54. The third-order valence-corrected chi connectivity index (χ3v) is 3.92. The highest BCUT2D eigenvalue weighted by atomic mass is 19.1. The van der Waals surface area contributed by atoms with Crippen molar-refractivity contribution < 1.29 is 18.7 Å². The largest absolute Gasteiger partial charge is 0.496 e. The Balaban J connectivity index is 1.75. The van der Waals surface area contributed by atoms with E-state index >= 15 is 0 Å². The van der Waals surface area contributed by atoms with E-state index in [1.54, 1.807) is 61.4 Å². The summed E-state index contributed by atoms with van der Waals surface area (Å²) in [4.78, 5) is 12.1. The molecule has 0 radical (unpaired) electrons. The number of aryl methyl sites for hydroxylation is 1. The van der Waals surface area contributed by atoms with E-state index in [0.717, 1.165) is 11.1 Å². The molecule has 6 heteroatoms. The monoisotopic (exact) mass is 366 g/mol. The minimum atomic E-state index is -0.423. The topological polar surface area (TPSA) is 53.4 Å². The lowest BCUT2D eigenvalue weighted by Gasteiger charge is -2.11. The molecule has 2 aromatic carbocycles. The summed E-state index contributed by atoms with van der Waals surface area (Å²) in [6, 6.07) is 13.3. The number of aromatic nitrogens is 2. The standard InChI is InChI=1S/C21H19FN2O3/c1-24-12-11-18(23-24)19(25)9-7-15-8-10-20(26-2)16(13-15)14-27-21-6-4-3-5-17(21)22/h3-13H,14H2,1-2H3/b9-7+. The molecule has 0 fully saturated rings. The summed E-state index contributed by atoms with van der Waals surface area (Å²) in [6.07, 6.45) is 4.88. The van der Waals surface area contributed by atoms with Gasteiger partial charge in [-0.05, 0) is 42.0 Å². The van der Waals surface area contributed by atoms with Crippen LogP contribution in [-0.4, -0.2) is 22.7 Å². The minimum Gasteiger partial charge on any atom is -0.496 e. The van der Waals surface area contributed by atoms with Crippen LogP contribution in [0.2, 0.25) is 0 Å². The van der Waals surface area contributed by atoms with Gasteiger partial charge >= 0.3 is 0 Å². The first-order valence-electron chi connectivity index (χ1n) is 8.33. The molecular weight excluding hydrogens is 347 g/mol. The van der Waals surface area contributed by atoms with Crippen LogP contribution in [0, 0.1) is 5.82 Å². The molecule has 3 aromatic rings. The highest BCUT2D eigenvalue weighted by Crippen LogP contribution is 2.24. The molecule has 0 aliphatic carbocycles. The van der Waals surface area contributed by atoms with Crippen molar-refractivity contribution in [3.05, 3.63) is 83.4 Å². The number of carbonyl (C=O) groups excluding carboxylic acids is 1. The zero-order valence-electron chi connectivity index (χ0n) is 15.1. The van der Waals surface area contributed by atoms with Gasteiger partial charge in [0.25, 0.3) is 0 Å². The summed E-state index contributed by atoms with van der Waals surface area (Å²) in [7, 11) is 3.31. The number of hydrogen-bond acceptors (Lipinski definition) is 4. The molecule has 0 spiro atoms. The Morgan fingerprint density at radius 1 is 1.19 bits per heavy atom. The number of ketones is 1. The average molecular weight is 366 g/mol. The van der Waals surface area contributed by atoms with Gasteiger partial charge < -0.3 is 9.47 Å². The van der Waals surface area contributed by atoms with Crippen LogP contribution in [0.15, 0.2) is 60.8 Å². The first-order chi connectivity index (χ1) is 13.1. The Bertz CT molecular complexity index is 979. The van der Waals surface area contributed by atoms with E-state index in [1.165, 1.54) is 12.1 Å². The summed E-state index contributed by atoms with van der Waals surface area (Å²) in [5.74, 6) is 0.189. The molecular formula is C21H19FN2O3. The van der Waals surface area contributed by atoms with E-state index in [-0.39, 0.29) is 18.1 Å². The van der Waals surface area contributed by atoms with Gasteiger partial charge in [0.2, 0.25) is 5.78 Å². The lowest BCUT2D eigenvalue weighted by molar-refractivity contribution is 0.104. The van der Waals surface area contributed by atoms with Gasteiger partial charge in [-0.15, -0.1) is 0 Å². The zero-order valence-corrected chi connectivity index (χ0v) is 15.1.